The molecule has 2 aromatic rings. The highest BCUT2D eigenvalue weighted by Gasteiger charge is 2.17. The van der Waals surface area contributed by atoms with Gasteiger partial charge >= 0.3 is 0 Å². The van der Waals surface area contributed by atoms with Crippen LogP contribution in [0, 0.1) is 5.41 Å². The summed E-state index contributed by atoms with van der Waals surface area (Å²) < 4.78 is 2.02. The van der Waals surface area contributed by atoms with Crippen LogP contribution in [0.3, 0.4) is 0 Å². The van der Waals surface area contributed by atoms with Gasteiger partial charge in [0, 0.05) is 24.0 Å². The van der Waals surface area contributed by atoms with E-state index in [1.165, 1.54) is 31.9 Å². The second-order valence-corrected chi connectivity index (χ2v) is 5.19. The molecule has 5 heteroatoms. The molecule has 1 saturated carbocycles. The minimum absolute atomic E-state index is 0.182. The van der Waals surface area contributed by atoms with E-state index in [0.29, 0.717) is 11.7 Å². The van der Waals surface area contributed by atoms with E-state index in [9.17, 15) is 5.11 Å². The first-order chi connectivity index (χ1) is 9.76. The summed E-state index contributed by atoms with van der Waals surface area (Å²) in [4.78, 5) is 0. The van der Waals surface area contributed by atoms with Crippen molar-refractivity contribution >= 4 is 17.6 Å². The Morgan fingerprint density at radius 2 is 2.15 bits per heavy atom. The van der Waals surface area contributed by atoms with Crippen molar-refractivity contribution in [3.8, 4) is 5.75 Å². The van der Waals surface area contributed by atoms with Gasteiger partial charge in [-0.3, -0.25) is 4.68 Å². The molecule has 1 aliphatic carbocycles. The number of anilines is 2. The van der Waals surface area contributed by atoms with E-state index in [4.69, 9.17) is 5.41 Å². The monoisotopic (exact) mass is 270 g/mol. The van der Waals surface area contributed by atoms with Gasteiger partial charge in [-0.25, -0.2) is 0 Å². The summed E-state index contributed by atoms with van der Waals surface area (Å²) in [5.41, 5.74) is 2.33. The molecule has 20 heavy (non-hydrogen) atoms. The summed E-state index contributed by atoms with van der Waals surface area (Å²) in [7, 11) is 0. The first-order valence-electron chi connectivity index (χ1n) is 6.91. The molecule has 5 nitrogen and oxygen atoms in total. The molecule has 1 aromatic heterocycles. The minimum Gasteiger partial charge on any atom is -0.508 e. The SMILES string of the molecule is N=Cc1ccc(O)cc1Nc1cnn(C2CCCC2)c1. The molecule has 0 radical (unpaired) electrons. The molecule has 1 aromatic carbocycles. The van der Waals surface area contributed by atoms with E-state index >= 15 is 0 Å². The molecule has 3 rings (SSSR count). The summed E-state index contributed by atoms with van der Waals surface area (Å²) in [5, 5.41) is 24.6. The van der Waals surface area contributed by atoms with Gasteiger partial charge in [0.25, 0.3) is 0 Å². The van der Waals surface area contributed by atoms with E-state index in [0.717, 1.165) is 11.3 Å². The number of hydrogen-bond donors (Lipinski definition) is 3. The lowest BCUT2D eigenvalue weighted by atomic mass is 10.2. The van der Waals surface area contributed by atoms with Crippen LogP contribution in [0.1, 0.15) is 37.3 Å². The third-order valence-electron chi connectivity index (χ3n) is 3.77. The van der Waals surface area contributed by atoms with Crippen LogP contribution in [-0.2, 0) is 0 Å². The molecule has 0 saturated heterocycles. The lowest BCUT2D eigenvalue weighted by molar-refractivity contribution is 0.467. The molecule has 1 heterocycles. The quantitative estimate of drug-likeness (QED) is 0.745. The van der Waals surface area contributed by atoms with Gasteiger partial charge in [0.1, 0.15) is 5.75 Å². The van der Waals surface area contributed by atoms with Gasteiger partial charge in [-0.2, -0.15) is 5.10 Å². The van der Waals surface area contributed by atoms with Gasteiger partial charge < -0.3 is 15.8 Å². The number of phenols is 1. The summed E-state index contributed by atoms with van der Waals surface area (Å²) in [6.07, 6.45) is 9.99. The van der Waals surface area contributed by atoms with Crippen LogP contribution in [0.2, 0.25) is 0 Å². The van der Waals surface area contributed by atoms with Crippen LogP contribution >= 0.6 is 0 Å². The van der Waals surface area contributed by atoms with Crippen molar-refractivity contribution in [3.05, 3.63) is 36.2 Å². The summed E-state index contributed by atoms with van der Waals surface area (Å²) in [6.45, 7) is 0. The van der Waals surface area contributed by atoms with Crippen molar-refractivity contribution in [2.24, 2.45) is 0 Å². The number of aromatic nitrogens is 2. The maximum atomic E-state index is 9.55. The van der Waals surface area contributed by atoms with Gasteiger partial charge in [-0.1, -0.05) is 12.8 Å². The zero-order chi connectivity index (χ0) is 13.9. The Bertz CT molecular complexity index is 614. The average Bonchev–Trinajstić information content (AvgIpc) is 3.09. The zero-order valence-corrected chi connectivity index (χ0v) is 11.2. The maximum absolute atomic E-state index is 9.55. The van der Waals surface area contributed by atoms with Crippen LogP contribution in [0.15, 0.2) is 30.6 Å². The first-order valence-corrected chi connectivity index (χ1v) is 6.91. The molecule has 1 fully saturated rings. The van der Waals surface area contributed by atoms with Crippen molar-refractivity contribution < 1.29 is 5.11 Å². The molecular weight excluding hydrogens is 252 g/mol. The Hall–Kier alpha value is -2.30. The molecular formula is C15H18N4O. The van der Waals surface area contributed by atoms with Gasteiger partial charge in [0.05, 0.1) is 23.6 Å². The Balaban J connectivity index is 1.81. The Morgan fingerprint density at radius 1 is 1.35 bits per heavy atom. The normalized spacial score (nSPS) is 15.4. The predicted octanol–water partition coefficient (Wildman–Crippen LogP) is 3.45. The zero-order valence-electron chi connectivity index (χ0n) is 11.2. The largest absolute Gasteiger partial charge is 0.508 e. The van der Waals surface area contributed by atoms with E-state index < -0.39 is 0 Å². The second kappa shape index (κ2) is 5.36. The van der Waals surface area contributed by atoms with Crippen molar-refractivity contribution in [1.82, 2.24) is 9.78 Å². The highest BCUT2D eigenvalue weighted by Crippen LogP contribution is 2.30. The molecule has 0 aliphatic heterocycles. The first kappa shape index (κ1) is 12.7. The van der Waals surface area contributed by atoms with Crippen LogP contribution in [0.25, 0.3) is 0 Å². The molecule has 0 bridgehead atoms. The fraction of sp³-hybridized carbons (Fsp3) is 0.333. The predicted molar refractivity (Wildman–Crippen MR) is 79.0 cm³/mol. The van der Waals surface area contributed by atoms with Crippen LogP contribution in [0.5, 0.6) is 5.75 Å². The molecule has 104 valence electrons. The number of nitrogens with one attached hydrogen (secondary N) is 2. The number of hydrogen-bond acceptors (Lipinski definition) is 4. The van der Waals surface area contributed by atoms with Crippen molar-refractivity contribution in [2.45, 2.75) is 31.7 Å². The summed E-state index contributed by atoms with van der Waals surface area (Å²) in [5.74, 6) is 0.182. The third-order valence-corrected chi connectivity index (χ3v) is 3.77. The highest BCUT2D eigenvalue weighted by atomic mass is 16.3. The minimum atomic E-state index is 0.182. The fourth-order valence-electron chi connectivity index (χ4n) is 2.70. The van der Waals surface area contributed by atoms with Crippen LogP contribution < -0.4 is 5.32 Å². The number of aromatic hydroxyl groups is 1. The van der Waals surface area contributed by atoms with Crippen molar-refractivity contribution in [2.75, 3.05) is 5.32 Å². The molecule has 0 atom stereocenters. The van der Waals surface area contributed by atoms with Crippen molar-refractivity contribution in [1.29, 1.82) is 5.41 Å². The highest BCUT2D eigenvalue weighted by molar-refractivity contribution is 5.87. The lowest BCUT2D eigenvalue weighted by Gasteiger charge is -2.09. The van der Waals surface area contributed by atoms with Crippen molar-refractivity contribution in [3.63, 3.8) is 0 Å². The molecule has 1 aliphatic rings. The lowest BCUT2D eigenvalue weighted by Crippen LogP contribution is -2.04. The topological polar surface area (TPSA) is 73.9 Å². The fourth-order valence-corrected chi connectivity index (χ4v) is 2.70. The summed E-state index contributed by atoms with van der Waals surface area (Å²) in [6, 6.07) is 5.42. The molecule has 3 N–H and O–H groups in total. The van der Waals surface area contributed by atoms with E-state index in [-0.39, 0.29) is 5.75 Å². The van der Waals surface area contributed by atoms with E-state index in [1.807, 2.05) is 10.9 Å². The smallest absolute Gasteiger partial charge is 0.117 e. The standard InChI is InChI=1S/C15H18N4O/c16-8-11-5-6-14(20)7-15(11)18-12-9-17-19(10-12)13-3-1-2-4-13/h5-10,13,16,18,20H,1-4H2. The van der Waals surface area contributed by atoms with Gasteiger partial charge in [0.2, 0.25) is 0 Å². The van der Waals surface area contributed by atoms with E-state index in [2.05, 4.69) is 10.4 Å². The molecule has 0 unspecified atom stereocenters. The number of rotatable bonds is 4. The number of phenolic OH excluding ortho intramolecular Hbond substituents is 1. The Morgan fingerprint density at radius 3 is 2.90 bits per heavy atom. The second-order valence-electron chi connectivity index (χ2n) is 5.19. The Labute approximate surface area is 117 Å². The molecule has 0 amide bonds. The maximum Gasteiger partial charge on any atom is 0.117 e. The molecule has 0 spiro atoms. The van der Waals surface area contributed by atoms with E-state index in [1.54, 1.807) is 24.4 Å². The van der Waals surface area contributed by atoms with Gasteiger partial charge in [-0.15, -0.1) is 0 Å². The Kier molecular flexibility index (Phi) is 3.41. The van der Waals surface area contributed by atoms with Crippen LogP contribution in [0.4, 0.5) is 11.4 Å². The number of nitrogens with zero attached hydrogens (tertiary/aromatic N) is 2. The third kappa shape index (κ3) is 2.52. The van der Waals surface area contributed by atoms with Crippen LogP contribution in [-0.4, -0.2) is 21.1 Å². The number of benzene rings is 1. The van der Waals surface area contributed by atoms with Gasteiger partial charge in [-0.05, 0) is 25.0 Å². The summed E-state index contributed by atoms with van der Waals surface area (Å²) >= 11 is 0. The average molecular weight is 270 g/mol. The van der Waals surface area contributed by atoms with Gasteiger partial charge in [0.15, 0.2) is 0 Å².